The van der Waals surface area contributed by atoms with Gasteiger partial charge < -0.3 is 10.6 Å². The molecule has 5 heteroatoms. The van der Waals surface area contributed by atoms with E-state index in [-0.39, 0.29) is 29.7 Å². The van der Waals surface area contributed by atoms with Crippen LogP contribution in [-0.2, 0) is 15.0 Å². The Bertz CT molecular complexity index is 693. The highest BCUT2D eigenvalue weighted by molar-refractivity contribution is 7.10. The minimum Gasteiger partial charge on any atom is -0.355 e. The highest BCUT2D eigenvalue weighted by Crippen LogP contribution is 2.47. The maximum Gasteiger partial charge on any atom is 0.222 e. The molecule has 0 radical (unpaired) electrons. The smallest absolute Gasteiger partial charge is 0.222 e. The highest BCUT2D eigenvalue weighted by Gasteiger charge is 2.44. The number of nitrogens with one attached hydrogen (secondary N) is 2. The molecule has 4 nitrogen and oxygen atoms in total. The van der Waals surface area contributed by atoms with Crippen LogP contribution < -0.4 is 10.6 Å². The molecular formula is C19H22N2O2S. The third-order valence-electron chi connectivity index (χ3n) is 4.52. The molecule has 2 amide bonds. The van der Waals surface area contributed by atoms with Gasteiger partial charge in [0.1, 0.15) is 0 Å². The van der Waals surface area contributed by atoms with Crippen LogP contribution in [0.5, 0.6) is 0 Å². The second kappa shape index (κ2) is 7.18. The van der Waals surface area contributed by atoms with Crippen molar-refractivity contribution < 1.29 is 9.59 Å². The zero-order valence-corrected chi connectivity index (χ0v) is 14.6. The summed E-state index contributed by atoms with van der Waals surface area (Å²) in [5.41, 5.74) is 1.39. The molecule has 1 atom stereocenters. The number of carbonyl (C=O) groups is 2. The van der Waals surface area contributed by atoms with Gasteiger partial charge >= 0.3 is 0 Å². The molecule has 1 heterocycles. The van der Waals surface area contributed by atoms with Crippen molar-refractivity contribution >= 4 is 23.2 Å². The van der Waals surface area contributed by atoms with Crippen LogP contribution >= 0.6 is 11.3 Å². The fourth-order valence-corrected chi connectivity index (χ4v) is 3.77. The van der Waals surface area contributed by atoms with Crippen LogP contribution in [0, 0.1) is 0 Å². The number of carbonyl (C=O) groups excluding carboxylic acids is 2. The second-order valence-electron chi connectivity index (χ2n) is 6.40. The molecule has 0 spiro atoms. The molecular weight excluding hydrogens is 320 g/mol. The molecule has 2 aromatic rings. The van der Waals surface area contributed by atoms with Crippen LogP contribution in [0.25, 0.3) is 0 Å². The lowest BCUT2D eigenvalue weighted by Crippen LogP contribution is -2.36. The second-order valence-corrected chi connectivity index (χ2v) is 7.38. The molecule has 0 unspecified atom stereocenters. The molecule has 1 aliphatic carbocycles. The molecule has 1 aromatic heterocycles. The standard InChI is InChI=1S/C19H22N2O2S/c1-14(22)21-16(17-8-5-11-24-17)12-18(23)20-13-19(9-10-19)15-6-3-2-4-7-15/h2-8,11,16H,9-10,12-13H2,1H3,(H,20,23)(H,21,22)/t16-/m1/s1. The Hall–Kier alpha value is -2.14. The molecule has 0 aliphatic heterocycles. The lowest BCUT2D eigenvalue weighted by Gasteiger charge is -2.19. The van der Waals surface area contributed by atoms with Crippen molar-refractivity contribution in [2.45, 2.75) is 37.6 Å². The van der Waals surface area contributed by atoms with E-state index in [0.29, 0.717) is 6.54 Å². The monoisotopic (exact) mass is 342 g/mol. The van der Waals surface area contributed by atoms with Crippen molar-refractivity contribution in [3.8, 4) is 0 Å². The van der Waals surface area contributed by atoms with Crippen LogP contribution in [0.4, 0.5) is 0 Å². The predicted molar refractivity (Wildman–Crippen MR) is 95.9 cm³/mol. The quantitative estimate of drug-likeness (QED) is 0.812. The molecule has 126 valence electrons. The van der Waals surface area contributed by atoms with E-state index in [4.69, 9.17) is 0 Å². The summed E-state index contributed by atoms with van der Waals surface area (Å²) in [6.45, 7) is 2.14. The predicted octanol–water partition coefficient (Wildman–Crippen LogP) is 3.16. The van der Waals surface area contributed by atoms with Crippen molar-refractivity contribution in [1.29, 1.82) is 0 Å². The van der Waals surface area contributed by atoms with Gasteiger partial charge in [0.2, 0.25) is 11.8 Å². The molecule has 1 saturated carbocycles. The number of rotatable bonds is 7. The first-order valence-corrected chi connectivity index (χ1v) is 9.10. The normalized spacial score (nSPS) is 16.2. The first-order chi connectivity index (χ1) is 11.6. The number of benzene rings is 1. The summed E-state index contributed by atoms with van der Waals surface area (Å²) in [6, 6.07) is 14.0. The topological polar surface area (TPSA) is 58.2 Å². The molecule has 0 saturated heterocycles. The third-order valence-corrected chi connectivity index (χ3v) is 5.50. The van der Waals surface area contributed by atoms with Gasteiger partial charge in [0.15, 0.2) is 0 Å². The van der Waals surface area contributed by atoms with Gasteiger partial charge in [-0.2, -0.15) is 0 Å². The summed E-state index contributed by atoms with van der Waals surface area (Å²) in [6.07, 6.45) is 2.49. The van der Waals surface area contributed by atoms with Crippen LogP contribution in [0.3, 0.4) is 0 Å². The fraction of sp³-hybridized carbons (Fsp3) is 0.368. The third kappa shape index (κ3) is 4.03. The zero-order chi connectivity index (χ0) is 17.0. The molecule has 2 N–H and O–H groups in total. The number of hydrogen-bond acceptors (Lipinski definition) is 3. The average molecular weight is 342 g/mol. The fourth-order valence-electron chi connectivity index (χ4n) is 2.99. The Morgan fingerprint density at radius 2 is 1.92 bits per heavy atom. The maximum atomic E-state index is 12.4. The molecule has 1 fully saturated rings. The van der Waals surface area contributed by atoms with Gasteiger partial charge in [0, 0.05) is 23.8 Å². The van der Waals surface area contributed by atoms with Gasteiger partial charge in [0.05, 0.1) is 12.5 Å². The summed E-state index contributed by atoms with van der Waals surface area (Å²) in [5.74, 6) is -0.145. The summed E-state index contributed by atoms with van der Waals surface area (Å²) in [4.78, 5) is 24.8. The van der Waals surface area contributed by atoms with Crippen molar-refractivity contribution in [1.82, 2.24) is 10.6 Å². The van der Waals surface area contributed by atoms with Gasteiger partial charge in [-0.05, 0) is 29.9 Å². The largest absolute Gasteiger partial charge is 0.355 e. The number of thiophene rings is 1. The number of amides is 2. The summed E-state index contributed by atoms with van der Waals surface area (Å²) in [5, 5.41) is 7.89. The zero-order valence-electron chi connectivity index (χ0n) is 13.7. The van der Waals surface area contributed by atoms with E-state index in [0.717, 1.165) is 17.7 Å². The molecule has 3 rings (SSSR count). The SMILES string of the molecule is CC(=O)N[C@H](CC(=O)NCC1(c2ccccc2)CC1)c1cccs1. The van der Waals surface area contributed by atoms with Gasteiger partial charge in [-0.1, -0.05) is 36.4 Å². The van der Waals surface area contributed by atoms with E-state index >= 15 is 0 Å². The van der Waals surface area contributed by atoms with Crippen LogP contribution in [0.2, 0.25) is 0 Å². The number of hydrogen-bond donors (Lipinski definition) is 2. The van der Waals surface area contributed by atoms with Crippen molar-refractivity contribution in [3.63, 3.8) is 0 Å². The van der Waals surface area contributed by atoms with E-state index in [1.165, 1.54) is 12.5 Å². The minimum absolute atomic E-state index is 0.0237. The molecule has 1 aromatic carbocycles. The van der Waals surface area contributed by atoms with Crippen LogP contribution in [0.15, 0.2) is 47.8 Å². The Morgan fingerprint density at radius 3 is 2.50 bits per heavy atom. The Morgan fingerprint density at radius 1 is 1.17 bits per heavy atom. The summed E-state index contributed by atoms with van der Waals surface area (Å²) in [7, 11) is 0. The van der Waals surface area contributed by atoms with Crippen LogP contribution in [-0.4, -0.2) is 18.4 Å². The minimum atomic E-state index is -0.255. The van der Waals surface area contributed by atoms with E-state index in [9.17, 15) is 9.59 Å². The summed E-state index contributed by atoms with van der Waals surface area (Å²) < 4.78 is 0. The van der Waals surface area contributed by atoms with Gasteiger partial charge in [-0.15, -0.1) is 11.3 Å². The van der Waals surface area contributed by atoms with Crippen molar-refractivity contribution in [2.24, 2.45) is 0 Å². The first-order valence-electron chi connectivity index (χ1n) is 8.22. The van der Waals surface area contributed by atoms with Gasteiger partial charge in [-0.3, -0.25) is 9.59 Å². The average Bonchev–Trinajstić information content (AvgIpc) is 3.16. The highest BCUT2D eigenvalue weighted by atomic mass is 32.1. The Labute approximate surface area is 146 Å². The Kier molecular flexibility index (Phi) is 5.00. The lowest BCUT2D eigenvalue weighted by atomic mass is 9.96. The van der Waals surface area contributed by atoms with E-state index in [2.05, 4.69) is 22.8 Å². The van der Waals surface area contributed by atoms with E-state index < -0.39 is 0 Å². The maximum absolute atomic E-state index is 12.4. The molecule has 1 aliphatic rings. The Balaban J connectivity index is 1.58. The van der Waals surface area contributed by atoms with Gasteiger partial charge in [-0.25, -0.2) is 0 Å². The molecule has 0 bridgehead atoms. The van der Waals surface area contributed by atoms with Crippen molar-refractivity contribution in [3.05, 3.63) is 58.3 Å². The summed E-state index contributed by atoms with van der Waals surface area (Å²) >= 11 is 1.55. The van der Waals surface area contributed by atoms with E-state index in [1.54, 1.807) is 11.3 Å². The van der Waals surface area contributed by atoms with E-state index in [1.807, 2.05) is 35.7 Å². The molecule has 24 heavy (non-hydrogen) atoms. The van der Waals surface area contributed by atoms with Gasteiger partial charge in [0.25, 0.3) is 0 Å². The van der Waals surface area contributed by atoms with Crippen LogP contribution in [0.1, 0.15) is 42.7 Å². The van der Waals surface area contributed by atoms with Crippen molar-refractivity contribution in [2.75, 3.05) is 6.54 Å². The first kappa shape index (κ1) is 16.7. The lowest BCUT2D eigenvalue weighted by molar-refractivity contribution is -0.122.